The Morgan fingerprint density at radius 2 is 2.12 bits per heavy atom. The zero-order valence-corrected chi connectivity index (χ0v) is 11.2. The van der Waals surface area contributed by atoms with Crippen molar-refractivity contribution in [3.8, 4) is 0 Å². The van der Waals surface area contributed by atoms with Gasteiger partial charge in [0.25, 0.3) is 0 Å². The molecule has 0 atom stereocenters. The van der Waals surface area contributed by atoms with Crippen LogP contribution in [0.15, 0.2) is 22.7 Å². The summed E-state index contributed by atoms with van der Waals surface area (Å²) in [5.41, 5.74) is 1.34. The van der Waals surface area contributed by atoms with Gasteiger partial charge in [0.1, 0.15) is 0 Å². The molecule has 1 aromatic carbocycles. The average Bonchev–Trinajstić information content (AvgIpc) is 2.28. The van der Waals surface area contributed by atoms with Crippen LogP contribution >= 0.6 is 15.9 Å². The maximum absolute atomic E-state index is 11.2. The molecule has 0 aromatic heterocycles. The van der Waals surface area contributed by atoms with Crippen molar-refractivity contribution in [1.82, 2.24) is 0 Å². The first-order chi connectivity index (χ1) is 7.42. The Morgan fingerprint density at radius 3 is 2.62 bits per heavy atom. The number of halogens is 1. The van der Waals surface area contributed by atoms with E-state index in [-0.39, 0.29) is 5.41 Å². The first-order valence-electron chi connectivity index (χ1n) is 5.08. The van der Waals surface area contributed by atoms with Crippen LogP contribution in [0.1, 0.15) is 43.1 Å². The topological polar surface area (TPSA) is 46.5 Å². The largest absolute Gasteiger partial charge is 0.372 e. The standard InChI is InChI=1S/C12H15BrO3/c1-4-12(2,3)9-7-8(11(14)16-15)5-6-10(9)13/h5-7,15H,4H2,1-3H3. The predicted molar refractivity (Wildman–Crippen MR) is 65.5 cm³/mol. The van der Waals surface area contributed by atoms with Crippen molar-refractivity contribution in [2.24, 2.45) is 0 Å². The summed E-state index contributed by atoms with van der Waals surface area (Å²) in [7, 11) is 0. The van der Waals surface area contributed by atoms with Crippen LogP contribution in [0.2, 0.25) is 0 Å². The molecule has 0 bridgehead atoms. The SMILES string of the molecule is CCC(C)(C)c1cc(C(=O)OO)ccc1Br. The molecule has 0 radical (unpaired) electrons. The summed E-state index contributed by atoms with van der Waals surface area (Å²) >= 11 is 3.46. The molecule has 0 aliphatic carbocycles. The van der Waals surface area contributed by atoms with Crippen LogP contribution in [-0.2, 0) is 10.3 Å². The predicted octanol–water partition coefficient (Wildman–Crippen LogP) is 3.77. The quantitative estimate of drug-likeness (QED) is 0.680. The van der Waals surface area contributed by atoms with Gasteiger partial charge in [-0.2, -0.15) is 5.26 Å². The summed E-state index contributed by atoms with van der Waals surface area (Å²) < 4.78 is 0.953. The molecule has 0 amide bonds. The lowest BCUT2D eigenvalue weighted by molar-refractivity contribution is -0.182. The first-order valence-corrected chi connectivity index (χ1v) is 5.87. The van der Waals surface area contributed by atoms with Gasteiger partial charge in [-0.25, -0.2) is 4.79 Å². The van der Waals surface area contributed by atoms with Crippen molar-refractivity contribution in [3.63, 3.8) is 0 Å². The highest BCUT2D eigenvalue weighted by Crippen LogP contribution is 2.33. The lowest BCUT2D eigenvalue weighted by Crippen LogP contribution is -2.17. The summed E-state index contributed by atoms with van der Waals surface area (Å²) in [4.78, 5) is 14.9. The van der Waals surface area contributed by atoms with Crippen LogP contribution < -0.4 is 0 Å². The van der Waals surface area contributed by atoms with Gasteiger partial charge in [0, 0.05) is 4.47 Å². The third-order valence-corrected chi connectivity index (χ3v) is 3.59. The average molecular weight is 287 g/mol. The minimum atomic E-state index is -0.736. The van der Waals surface area contributed by atoms with E-state index < -0.39 is 5.97 Å². The Hall–Kier alpha value is -0.870. The molecule has 1 N–H and O–H groups in total. The lowest BCUT2D eigenvalue weighted by Gasteiger charge is -2.25. The highest BCUT2D eigenvalue weighted by molar-refractivity contribution is 9.10. The van der Waals surface area contributed by atoms with Crippen LogP contribution in [0.5, 0.6) is 0 Å². The number of carbonyl (C=O) groups excluding carboxylic acids is 1. The summed E-state index contributed by atoms with van der Waals surface area (Å²) in [6.07, 6.45) is 0.948. The van der Waals surface area contributed by atoms with Crippen molar-refractivity contribution >= 4 is 21.9 Å². The first kappa shape index (κ1) is 13.2. The zero-order chi connectivity index (χ0) is 12.3. The van der Waals surface area contributed by atoms with Gasteiger partial charge >= 0.3 is 5.97 Å². The third-order valence-electron chi connectivity index (χ3n) is 2.90. The molecule has 0 heterocycles. The second-order valence-corrected chi connectivity index (χ2v) is 5.17. The van der Waals surface area contributed by atoms with Gasteiger partial charge in [-0.1, -0.05) is 36.7 Å². The van der Waals surface area contributed by atoms with Gasteiger partial charge < -0.3 is 0 Å². The van der Waals surface area contributed by atoms with E-state index in [1.807, 2.05) is 0 Å². The van der Waals surface area contributed by atoms with Crippen LogP contribution in [0.25, 0.3) is 0 Å². The molecular weight excluding hydrogens is 272 g/mol. The van der Waals surface area contributed by atoms with E-state index in [2.05, 4.69) is 41.6 Å². The summed E-state index contributed by atoms with van der Waals surface area (Å²) in [5, 5.41) is 8.35. The van der Waals surface area contributed by atoms with Crippen LogP contribution in [0, 0.1) is 0 Å². The van der Waals surface area contributed by atoms with Crippen molar-refractivity contribution in [1.29, 1.82) is 0 Å². The molecule has 0 spiro atoms. The molecule has 1 rings (SSSR count). The van der Waals surface area contributed by atoms with E-state index in [1.54, 1.807) is 18.2 Å². The van der Waals surface area contributed by atoms with Crippen molar-refractivity contribution in [2.45, 2.75) is 32.6 Å². The Kier molecular flexibility index (Phi) is 4.10. The molecule has 0 fully saturated rings. The highest BCUT2D eigenvalue weighted by atomic mass is 79.9. The maximum Gasteiger partial charge on any atom is 0.372 e. The molecule has 0 aliphatic heterocycles. The third kappa shape index (κ3) is 2.62. The second-order valence-electron chi connectivity index (χ2n) is 4.31. The van der Waals surface area contributed by atoms with Gasteiger partial charge in [-0.05, 0) is 35.6 Å². The Morgan fingerprint density at radius 1 is 1.50 bits per heavy atom. The Labute approximate surface area is 103 Å². The number of rotatable bonds is 3. The van der Waals surface area contributed by atoms with Crippen molar-refractivity contribution < 1.29 is 14.9 Å². The fourth-order valence-electron chi connectivity index (χ4n) is 1.41. The molecule has 1 aromatic rings. The minimum absolute atomic E-state index is 0.0371. The normalized spacial score (nSPS) is 11.3. The van der Waals surface area contributed by atoms with Gasteiger partial charge in [-0.3, -0.25) is 4.89 Å². The number of hydrogen-bond acceptors (Lipinski definition) is 3. The Balaban J connectivity index is 3.24. The van der Waals surface area contributed by atoms with Gasteiger partial charge in [0.05, 0.1) is 5.56 Å². The summed E-state index contributed by atoms with van der Waals surface area (Å²) in [5.74, 6) is -0.736. The van der Waals surface area contributed by atoms with Crippen molar-refractivity contribution in [2.75, 3.05) is 0 Å². The molecule has 0 saturated heterocycles. The monoisotopic (exact) mass is 286 g/mol. The molecule has 0 aliphatic rings. The lowest BCUT2D eigenvalue weighted by atomic mass is 9.81. The molecule has 0 unspecified atom stereocenters. The zero-order valence-electron chi connectivity index (χ0n) is 9.58. The smallest absolute Gasteiger partial charge is 0.296 e. The summed E-state index contributed by atoms with van der Waals surface area (Å²) in [6, 6.07) is 5.14. The van der Waals surface area contributed by atoms with Crippen LogP contribution in [0.3, 0.4) is 0 Å². The molecule has 3 nitrogen and oxygen atoms in total. The van der Waals surface area contributed by atoms with Gasteiger partial charge in [0.2, 0.25) is 0 Å². The highest BCUT2D eigenvalue weighted by Gasteiger charge is 2.22. The molecular formula is C12H15BrO3. The molecule has 88 valence electrons. The fourth-order valence-corrected chi connectivity index (χ4v) is 2.20. The van der Waals surface area contributed by atoms with E-state index in [0.717, 1.165) is 16.5 Å². The molecule has 16 heavy (non-hydrogen) atoms. The van der Waals surface area contributed by atoms with Crippen molar-refractivity contribution in [3.05, 3.63) is 33.8 Å². The number of hydrogen-bond donors (Lipinski definition) is 1. The molecule has 0 saturated carbocycles. The van der Waals surface area contributed by atoms with Gasteiger partial charge in [0.15, 0.2) is 0 Å². The maximum atomic E-state index is 11.2. The second kappa shape index (κ2) is 4.97. The van der Waals surface area contributed by atoms with E-state index >= 15 is 0 Å². The van der Waals surface area contributed by atoms with Crippen LogP contribution in [0.4, 0.5) is 0 Å². The van der Waals surface area contributed by atoms with E-state index in [0.29, 0.717) is 5.56 Å². The fraction of sp³-hybridized carbons (Fsp3) is 0.417. The number of carbonyl (C=O) groups is 1. The van der Waals surface area contributed by atoms with E-state index in [4.69, 9.17) is 5.26 Å². The summed E-state index contributed by atoms with van der Waals surface area (Å²) in [6.45, 7) is 6.28. The number of benzene rings is 1. The Bertz CT molecular complexity index is 399. The van der Waals surface area contributed by atoms with E-state index in [9.17, 15) is 4.79 Å². The van der Waals surface area contributed by atoms with Gasteiger partial charge in [-0.15, -0.1) is 0 Å². The van der Waals surface area contributed by atoms with Crippen LogP contribution in [-0.4, -0.2) is 11.2 Å². The van der Waals surface area contributed by atoms with E-state index in [1.165, 1.54) is 0 Å². The minimum Gasteiger partial charge on any atom is -0.296 e. The molecule has 4 heteroatoms.